The van der Waals surface area contributed by atoms with Gasteiger partial charge in [0.05, 0.1) is 5.54 Å². The van der Waals surface area contributed by atoms with Gasteiger partial charge in [-0.3, -0.25) is 4.79 Å². The minimum Gasteiger partial charge on any atom is -0.485 e. The Kier molecular flexibility index (Phi) is 4.96. The Morgan fingerprint density at radius 3 is 2.62 bits per heavy atom. The molecule has 0 radical (unpaired) electrons. The van der Waals surface area contributed by atoms with E-state index in [9.17, 15) is 4.79 Å². The number of ether oxygens (including phenoxy) is 2. The molecule has 1 unspecified atom stereocenters. The molecule has 1 amide bonds. The van der Waals surface area contributed by atoms with Crippen LogP contribution in [0.1, 0.15) is 25.7 Å². The summed E-state index contributed by atoms with van der Waals surface area (Å²) >= 11 is 0. The quantitative estimate of drug-likeness (QED) is 0.890. The third-order valence-electron chi connectivity index (χ3n) is 4.14. The second-order valence-electron chi connectivity index (χ2n) is 5.55. The molecule has 1 heterocycles. The highest BCUT2D eigenvalue weighted by Gasteiger charge is 2.37. The van der Waals surface area contributed by atoms with Crippen molar-refractivity contribution >= 4 is 18.3 Å². The summed E-state index contributed by atoms with van der Waals surface area (Å²) < 4.78 is 11.3. The summed E-state index contributed by atoms with van der Waals surface area (Å²) in [6.07, 6.45) is 3.51. The van der Waals surface area contributed by atoms with Gasteiger partial charge in [0, 0.05) is 6.54 Å². The lowest BCUT2D eigenvalue weighted by Gasteiger charge is -2.32. The zero-order chi connectivity index (χ0) is 14.0. The minimum absolute atomic E-state index is 0. The molecule has 1 aromatic rings. The van der Waals surface area contributed by atoms with Crippen LogP contribution in [0.25, 0.3) is 0 Å². The van der Waals surface area contributed by atoms with Gasteiger partial charge in [0.2, 0.25) is 6.10 Å². The minimum atomic E-state index is -0.603. The van der Waals surface area contributed by atoms with Crippen LogP contribution in [0.3, 0.4) is 0 Å². The number of carbonyl (C=O) groups excluding carboxylic acids is 1. The number of amides is 1. The van der Waals surface area contributed by atoms with Gasteiger partial charge in [0.1, 0.15) is 6.61 Å². The van der Waals surface area contributed by atoms with E-state index in [1.54, 1.807) is 0 Å². The molecule has 3 N–H and O–H groups in total. The lowest BCUT2D eigenvalue weighted by molar-refractivity contribution is -0.132. The van der Waals surface area contributed by atoms with Gasteiger partial charge in [-0.15, -0.1) is 12.4 Å². The van der Waals surface area contributed by atoms with Crippen molar-refractivity contribution in [2.75, 3.05) is 13.2 Å². The van der Waals surface area contributed by atoms with Gasteiger partial charge in [-0.2, -0.15) is 0 Å². The molecule has 3 rings (SSSR count). The average molecular weight is 313 g/mol. The number of carbonyl (C=O) groups is 1. The Hall–Kier alpha value is -1.46. The van der Waals surface area contributed by atoms with Crippen molar-refractivity contribution in [1.82, 2.24) is 5.32 Å². The van der Waals surface area contributed by atoms with E-state index >= 15 is 0 Å². The maximum Gasteiger partial charge on any atom is 0.265 e. The van der Waals surface area contributed by atoms with Gasteiger partial charge in [-0.05, 0) is 25.0 Å². The molecule has 1 aliphatic carbocycles. The normalized spacial score (nSPS) is 22.2. The van der Waals surface area contributed by atoms with Gasteiger partial charge >= 0.3 is 0 Å². The van der Waals surface area contributed by atoms with Crippen LogP contribution >= 0.6 is 12.4 Å². The predicted octanol–water partition coefficient (Wildman–Crippen LogP) is 1.64. The van der Waals surface area contributed by atoms with Crippen LogP contribution in [-0.2, 0) is 4.79 Å². The summed E-state index contributed by atoms with van der Waals surface area (Å²) in [6.45, 7) is 0.715. The lowest BCUT2D eigenvalue weighted by atomic mass is 9.97. The first-order valence-electron chi connectivity index (χ1n) is 7.13. The van der Waals surface area contributed by atoms with E-state index in [1.807, 2.05) is 24.3 Å². The molecule has 2 aliphatic rings. The van der Waals surface area contributed by atoms with E-state index in [0.717, 1.165) is 25.7 Å². The van der Waals surface area contributed by atoms with Crippen LogP contribution in [0.2, 0.25) is 0 Å². The van der Waals surface area contributed by atoms with Crippen LogP contribution in [-0.4, -0.2) is 30.7 Å². The first kappa shape index (κ1) is 15.9. The largest absolute Gasteiger partial charge is 0.485 e. The highest BCUT2D eigenvalue weighted by molar-refractivity contribution is 5.85. The Morgan fingerprint density at radius 1 is 1.29 bits per heavy atom. The summed E-state index contributed by atoms with van der Waals surface area (Å²) in [5, 5.41) is 3.07. The molecule has 0 saturated heterocycles. The second kappa shape index (κ2) is 6.54. The van der Waals surface area contributed by atoms with Crippen molar-refractivity contribution in [3.63, 3.8) is 0 Å². The van der Waals surface area contributed by atoms with Crippen molar-refractivity contribution in [1.29, 1.82) is 0 Å². The summed E-state index contributed by atoms with van der Waals surface area (Å²) in [6, 6.07) is 7.39. The van der Waals surface area contributed by atoms with E-state index in [2.05, 4.69) is 5.32 Å². The van der Waals surface area contributed by atoms with Gasteiger partial charge < -0.3 is 20.5 Å². The predicted molar refractivity (Wildman–Crippen MR) is 82.0 cm³/mol. The molecule has 0 spiro atoms. The second-order valence-corrected chi connectivity index (χ2v) is 5.55. The first-order chi connectivity index (χ1) is 9.72. The number of para-hydroxylation sites is 2. The molecule has 1 aromatic carbocycles. The smallest absolute Gasteiger partial charge is 0.265 e. The summed E-state index contributed by atoms with van der Waals surface area (Å²) in [5.74, 6) is 1.17. The van der Waals surface area contributed by atoms with Crippen LogP contribution < -0.4 is 20.5 Å². The molecule has 1 atom stereocenters. The molecule has 116 valence electrons. The number of nitrogens with one attached hydrogen (secondary N) is 1. The van der Waals surface area contributed by atoms with E-state index in [1.165, 1.54) is 0 Å². The molecular formula is C15H21ClN2O3. The van der Waals surface area contributed by atoms with Crippen molar-refractivity contribution < 1.29 is 14.3 Å². The standard InChI is InChI=1S/C15H20N2O3.ClH/c16-10-15(7-3-4-8-15)17-14(18)13-9-19-11-5-1-2-6-12(11)20-13;/h1-2,5-6,13H,3-4,7-10,16H2,(H,17,18);1H. The number of halogens is 1. The number of rotatable bonds is 3. The van der Waals surface area contributed by atoms with Gasteiger partial charge in [0.15, 0.2) is 11.5 Å². The maximum atomic E-state index is 12.4. The SMILES string of the molecule is Cl.NCC1(NC(=O)C2COc3ccccc3O2)CCCC1. The molecule has 6 heteroatoms. The van der Waals surface area contributed by atoms with E-state index in [0.29, 0.717) is 18.0 Å². The fourth-order valence-electron chi connectivity index (χ4n) is 2.92. The van der Waals surface area contributed by atoms with E-state index in [4.69, 9.17) is 15.2 Å². The zero-order valence-corrected chi connectivity index (χ0v) is 12.7. The lowest BCUT2D eigenvalue weighted by Crippen LogP contribution is -2.56. The average Bonchev–Trinajstić information content (AvgIpc) is 2.96. The maximum absolute atomic E-state index is 12.4. The van der Waals surface area contributed by atoms with Crippen LogP contribution in [0.4, 0.5) is 0 Å². The first-order valence-corrected chi connectivity index (χ1v) is 7.13. The highest BCUT2D eigenvalue weighted by atomic mass is 35.5. The van der Waals surface area contributed by atoms with Crippen molar-refractivity contribution in [3.05, 3.63) is 24.3 Å². The van der Waals surface area contributed by atoms with Crippen LogP contribution in [0.15, 0.2) is 24.3 Å². The fraction of sp³-hybridized carbons (Fsp3) is 0.533. The van der Waals surface area contributed by atoms with Crippen LogP contribution in [0.5, 0.6) is 11.5 Å². The number of benzene rings is 1. The molecule has 1 aliphatic heterocycles. The molecule has 5 nitrogen and oxygen atoms in total. The summed E-state index contributed by atoms with van der Waals surface area (Å²) in [5.41, 5.74) is 5.58. The van der Waals surface area contributed by atoms with Crippen molar-refractivity contribution in [3.8, 4) is 11.5 Å². The van der Waals surface area contributed by atoms with Crippen molar-refractivity contribution in [2.45, 2.75) is 37.3 Å². The molecule has 0 aromatic heterocycles. The fourth-order valence-corrected chi connectivity index (χ4v) is 2.92. The van der Waals surface area contributed by atoms with Gasteiger partial charge in [0.25, 0.3) is 5.91 Å². The Morgan fingerprint density at radius 2 is 1.95 bits per heavy atom. The molecule has 1 saturated carbocycles. The van der Waals surface area contributed by atoms with E-state index < -0.39 is 6.10 Å². The third kappa shape index (κ3) is 3.24. The highest BCUT2D eigenvalue weighted by Crippen LogP contribution is 2.32. The van der Waals surface area contributed by atoms with Crippen molar-refractivity contribution in [2.24, 2.45) is 5.73 Å². The topological polar surface area (TPSA) is 73.6 Å². The monoisotopic (exact) mass is 312 g/mol. The Balaban J connectivity index is 0.00000161. The number of hydrogen-bond acceptors (Lipinski definition) is 4. The Bertz CT molecular complexity index is 503. The molecule has 0 bridgehead atoms. The third-order valence-corrected chi connectivity index (χ3v) is 4.14. The summed E-state index contributed by atoms with van der Waals surface area (Å²) in [7, 11) is 0. The van der Waals surface area contributed by atoms with Gasteiger partial charge in [-0.25, -0.2) is 0 Å². The molecule has 1 fully saturated rings. The van der Waals surface area contributed by atoms with E-state index in [-0.39, 0.29) is 30.5 Å². The number of fused-ring (bicyclic) bond motifs is 1. The molecular weight excluding hydrogens is 292 g/mol. The summed E-state index contributed by atoms with van der Waals surface area (Å²) in [4.78, 5) is 12.4. The number of hydrogen-bond donors (Lipinski definition) is 2. The molecule has 21 heavy (non-hydrogen) atoms. The zero-order valence-electron chi connectivity index (χ0n) is 11.8. The van der Waals surface area contributed by atoms with Gasteiger partial charge in [-0.1, -0.05) is 25.0 Å². The Labute approximate surface area is 130 Å². The van der Waals surface area contributed by atoms with Crippen LogP contribution in [0, 0.1) is 0 Å². The number of nitrogens with two attached hydrogens (primary N) is 1.